The average Bonchev–Trinajstić information content (AvgIpc) is 3.05. The van der Waals surface area contributed by atoms with E-state index >= 15 is 0 Å². The number of ether oxygens (including phenoxy) is 4. The van der Waals surface area contributed by atoms with Crippen molar-refractivity contribution in [2.45, 2.75) is 122 Å². The number of hydrogen-bond acceptors (Lipinski definition) is 10. The number of methoxy groups -OCH3 is 2. The van der Waals surface area contributed by atoms with Crippen LogP contribution in [0.5, 0.6) is 23.0 Å². The first-order valence-electron chi connectivity index (χ1n) is 19.7. The number of likely N-dealkylation sites (tertiary alicyclic amines) is 2. The second-order valence-electron chi connectivity index (χ2n) is 18.0. The number of unbranched alkanes of at least 4 members (excludes halogenated alkanes) is 2. The van der Waals surface area contributed by atoms with E-state index in [1.807, 2.05) is 9.80 Å². The number of nitrogens with zero attached hydrogens (tertiary/aromatic N) is 2. The topological polar surface area (TPSA) is 148 Å². The molecule has 2 saturated heterocycles. The first-order chi connectivity index (χ1) is 25.6. The molecule has 2 aromatic carbocycles. The third-order valence-corrected chi connectivity index (χ3v) is 21.1. The van der Waals surface area contributed by atoms with Crippen molar-refractivity contribution in [3.63, 3.8) is 0 Å². The van der Waals surface area contributed by atoms with Gasteiger partial charge in [-0.2, -0.15) is 0 Å². The molecule has 2 amide bonds. The molecule has 308 valence electrons. The lowest BCUT2D eigenvalue weighted by Crippen LogP contribution is -2.55. The van der Waals surface area contributed by atoms with Crippen molar-refractivity contribution in [3.05, 3.63) is 35.4 Å². The molecule has 2 aliphatic rings. The Morgan fingerprint density at radius 2 is 1.00 bits per heavy atom. The number of hydrogen-bond donors (Lipinski definition) is 2. The van der Waals surface area contributed by atoms with Gasteiger partial charge in [0, 0.05) is 36.6 Å². The van der Waals surface area contributed by atoms with Crippen molar-refractivity contribution >= 4 is 39.8 Å². The molecule has 2 aromatic rings. The molecule has 55 heavy (non-hydrogen) atoms. The summed E-state index contributed by atoms with van der Waals surface area (Å²) in [5.41, 5.74) is 14.3. The van der Waals surface area contributed by atoms with E-state index < -0.39 is 16.6 Å². The highest BCUT2D eigenvalue weighted by molar-refractivity contribution is 6.74. The monoisotopic (exact) mass is 800 g/mol. The standard InChI is InChI=1S/C41H68N4O8Si2/c1-40(2,3)54(9,10)52-26-28-16-18-44(28)38(46)30-22-34(48-7)36(24-32(30)42)50-20-14-13-15-21-51-37-25-33(43)31(23-35(37)49-8)39(47)45-19-17-29(45)27-53-55(11,12)41(4,5)6/h22-25,28-29H,13-21,26-27,42-43H2,1-12H3/t28-,29-/m0/s1. The summed E-state index contributed by atoms with van der Waals surface area (Å²) in [6, 6.07) is 6.77. The molecule has 2 aliphatic heterocycles. The molecule has 14 heteroatoms. The van der Waals surface area contributed by atoms with Gasteiger partial charge in [-0.3, -0.25) is 9.59 Å². The fraction of sp³-hybridized carbons (Fsp3) is 0.659. The van der Waals surface area contributed by atoms with Crippen molar-refractivity contribution in [1.82, 2.24) is 9.80 Å². The minimum Gasteiger partial charge on any atom is -0.493 e. The molecule has 0 saturated carbocycles. The van der Waals surface area contributed by atoms with Gasteiger partial charge in [0.15, 0.2) is 39.6 Å². The van der Waals surface area contributed by atoms with E-state index in [-0.39, 0.29) is 34.0 Å². The summed E-state index contributed by atoms with van der Waals surface area (Å²) in [7, 11) is -0.731. The van der Waals surface area contributed by atoms with Crippen LogP contribution in [0.4, 0.5) is 11.4 Å². The Morgan fingerprint density at radius 3 is 1.29 bits per heavy atom. The van der Waals surface area contributed by atoms with Crippen LogP contribution in [0, 0.1) is 0 Å². The summed E-state index contributed by atoms with van der Waals surface area (Å²) in [6.07, 6.45) is 4.18. The van der Waals surface area contributed by atoms with E-state index in [4.69, 9.17) is 39.3 Å². The van der Waals surface area contributed by atoms with E-state index in [1.54, 1.807) is 38.5 Å². The molecule has 12 nitrogen and oxygen atoms in total. The van der Waals surface area contributed by atoms with Gasteiger partial charge in [0.05, 0.1) is 63.9 Å². The quantitative estimate of drug-likeness (QED) is 0.0864. The smallest absolute Gasteiger partial charge is 0.256 e. The minimum atomic E-state index is -1.92. The zero-order valence-corrected chi connectivity index (χ0v) is 37.6. The zero-order valence-electron chi connectivity index (χ0n) is 35.6. The van der Waals surface area contributed by atoms with Crippen molar-refractivity contribution < 1.29 is 37.4 Å². The van der Waals surface area contributed by atoms with Crippen LogP contribution < -0.4 is 30.4 Å². The molecule has 4 rings (SSSR count). The van der Waals surface area contributed by atoms with Crippen molar-refractivity contribution in [1.29, 1.82) is 0 Å². The van der Waals surface area contributed by atoms with Gasteiger partial charge in [-0.1, -0.05) is 41.5 Å². The highest BCUT2D eigenvalue weighted by Gasteiger charge is 2.42. The van der Waals surface area contributed by atoms with E-state index in [1.165, 1.54) is 0 Å². The predicted molar refractivity (Wildman–Crippen MR) is 225 cm³/mol. The van der Waals surface area contributed by atoms with Gasteiger partial charge in [0.1, 0.15) is 0 Å². The van der Waals surface area contributed by atoms with Gasteiger partial charge in [-0.15, -0.1) is 0 Å². The Labute approximate surface area is 331 Å². The van der Waals surface area contributed by atoms with E-state index in [2.05, 4.69) is 67.7 Å². The number of nitrogens with two attached hydrogens (primary N) is 2. The molecule has 0 aliphatic carbocycles. The second kappa shape index (κ2) is 17.8. The Hall–Kier alpha value is -3.47. The molecule has 0 unspecified atom stereocenters. The molecule has 2 fully saturated rings. The molecule has 0 spiro atoms. The minimum absolute atomic E-state index is 0.0375. The van der Waals surface area contributed by atoms with Crippen LogP contribution in [0.25, 0.3) is 0 Å². The molecule has 2 heterocycles. The van der Waals surface area contributed by atoms with Gasteiger partial charge in [-0.25, -0.2) is 0 Å². The Morgan fingerprint density at radius 1 is 0.636 bits per heavy atom. The maximum absolute atomic E-state index is 13.5. The van der Waals surface area contributed by atoms with Gasteiger partial charge in [0.2, 0.25) is 0 Å². The second-order valence-corrected chi connectivity index (χ2v) is 27.6. The number of carbonyl (C=O) groups excluding carboxylic acids is 2. The summed E-state index contributed by atoms with van der Waals surface area (Å²) >= 11 is 0. The zero-order chi connectivity index (χ0) is 40.9. The third-order valence-electron chi connectivity index (χ3n) is 12.1. The molecule has 0 radical (unpaired) electrons. The van der Waals surface area contributed by atoms with Crippen molar-refractivity contribution in [3.8, 4) is 23.0 Å². The maximum atomic E-state index is 13.5. The first kappa shape index (κ1) is 44.3. The van der Waals surface area contributed by atoms with Crippen molar-refractivity contribution in [2.75, 3.05) is 65.2 Å². The van der Waals surface area contributed by atoms with Crippen LogP contribution in [-0.2, 0) is 8.85 Å². The predicted octanol–water partition coefficient (Wildman–Crippen LogP) is 7.97. The lowest BCUT2D eigenvalue weighted by atomic mass is 10.0. The summed E-state index contributed by atoms with van der Waals surface area (Å²) in [5.74, 6) is 1.68. The van der Waals surface area contributed by atoms with E-state index in [0.717, 1.165) is 32.1 Å². The third kappa shape index (κ3) is 10.5. The number of amides is 2. The molecular formula is C41H68N4O8Si2. The van der Waals surface area contributed by atoms with Crippen LogP contribution in [0.1, 0.15) is 94.4 Å². The van der Waals surface area contributed by atoms with Gasteiger partial charge < -0.3 is 49.1 Å². The molecule has 0 aromatic heterocycles. The highest BCUT2D eigenvalue weighted by Crippen LogP contribution is 2.40. The van der Waals surface area contributed by atoms with Crippen LogP contribution in [0.2, 0.25) is 36.3 Å². The van der Waals surface area contributed by atoms with Gasteiger partial charge in [-0.05, 0) is 80.5 Å². The summed E-state index contributed by atoms with van der Waals surface area (Å²) < 4.78 is 36.1. The largest absolute Gasteiger partial charge is 0.493 e. The van der Waals surface area contributed by atoms with Gasteiger partial charge in [0.25, 0.3) is 11.8 Å². The normalized spacial score (nSPS) is 17.7. The SMILES string of the molecule is COc1cc(C(=O)N2CC[C@H]2CO[Si](C)(C)C(C)(C)C)c(N)cc1OCCCCCOc1cc(N)c(C(=O)N2CC[C@H]2CO[Si](C)(C)C(C)(C)C)cc1OC. The van der Waals surface area contributed by atoms with Crippen molar-refractivity contribution in [2.24, 2.45) is 0 Å². The lowest BCUT2D eigenvalue weighted by molar-refractivity contribution is 0.0310. The summed E-state index contributed by atoms with van der Waals surface area (Å²) in [6.45, 7) is 25.5. The number of benzene rings is 2. The Kier molecular flexibility index (Phi) is 14.3. The maximum Gasteiger partial charge on any atom is 0.256 e. The first-order valence-corrected chi connectivity index (χ1v) is 25.5. The summed E-state index contributed by atoms with van der Waals surface area (Å²) in [5, 5.41) is 0.208. The molecule has 2 atom stereocenters. The number of anilines is 2. The van der Waals surface area contributed by atoms with E-state index in [0.29, 0.717) is 85.0 Å². The van der Waals surface area contributed by atoms with Crippen LogP contribution in [0.3, 0.4) is 0 Å². The number of nitrogen functional groups attached to an aromatic ring is 2. The fourth-order valence-corrected chi connectivity index (χ4v) is 8.01. The highest BCUT2D eigenvalue weighted by atomic mass is 28.4. The average molecular weight is 801 g/mol. The lowest BCUT2D eigenvalue weighted by Gasteiger charge is -2.44. The number of rotatable bonds is 18. The van der Waals surface area contributed by atoms with Gasteiger partial charge >= 0.3 is 0 Å². The summed E-state index contributed by atoms with van der Waals surface area (Å²) in [4.78, 5) is 30.7. The Balaban J connectivity index is 1.23. The van der Waals surface area contributed by atoms with Crippen LogP contribution >= 0.6 is 0 Å². The van der Waals surface area contributed by atoms with Crippen LogP contribution in [0.15, 0.2) is 24.3 Å². The Bertz CT molecular complexity index is 1540. The molecule has 0 bridgehead atoms. The molecule has 4 N–H and O–H groups in total. The van der Waals surface area contributed by atoms with E-state index in [9.17, 15) is 9.59 Å². The number of carbonyl (C=O) groups is 2. The molecular weight excluding hydrogens is 733 g/mol. The fourth-order valence-electron chi connectivity index (χ4n) is 5.93. The van der Waals surface area contributed by atoms with Crippen LogP contribution in [-0.4, -0.2) is 104 Å².